The molecular weight excluding hydrogens is 226 g/mol. The Hall–Kier alpha value is -0.120. The summed E-state index contributed by atoms with van der Waals surface area (Å²) < 4.78 is 6.17. The first kappa shape index (κ1) is 12.9. The summed E-state index contributed by atoms with van der Waals surface area (Å²) in [5.41, 5.74) is 0.198. The van der Waals surface area contributed by atoms with Crippen LogP contribution >= 0.6 is 0 Å². The number of hydrogen-bond acceptors (Lipinski definition) is 3. The van der Waals surface area contributed by atoms with Gasteiger partial charge in [0.1, 0.15) is 0 Å². The third-order valence-corrected chi connectivity index (χ3v) is 5.18. The summed E-state index contributed by atoms with van der Waals surface area (Å²) in [4.78, 5) is 2.53. The van der Waals surface area contributed by atoms with Crippen LogP contribution in [0.3, 0.4) is 0 Å². The van der Waals surface area contributed by atoms with Crippen molar-refractivity contribution in [2.45, 2.75) is 75.5 Å². The molecule has 18 heavy (non-hydrogen) atoms. The summed E-state index contributed by atoms with van der Waals surface area (Å²) in [6, 6.07) is 0.659. The van der Waals surface area contributed by atoms with E-state index in [0.717, 1.165) is 32.4 Å². The smallest absolute Gasteiger partial charge is 0.0697 e. The molecule has 104 valence electrons. The molecule has 3 heteroatoms. The predicted octanol–water partition coefficient (Wildman–Crippen LogP) is 2.33. The maximum absolute atomic E-state index is 9.84. The summed E-state index contributed by atoms with van der Waals surface area (Å²) in [5, 5.41) is 9.84. The Labute approximate surface area is 110 Å². The molecule has 2 unspecified atom stereocenters. The van der Waals surface area contributed by atoms with Crippen molar-refractivity contribution in [2.24, 2.45) is 0 Å². The third kappa shape index (κ3) is 2.73. The van der Waals surface area contributed by atoms with Gasteiger partial charge in [0.15, 0.2) is 0 Å². The van der Waals surface area contributed by atoms with E-state index in [1.54, 1.807) is 0 Å². The number of rotatable bonds is 1. The Bertz CT molecular complexity index is 270. The minimum absolute atomic E-state index is 0.0936. The van der Waals surface area contributed by atoms with Gasteiger partial charge in [0, 0.05) is 19.2 Å². The van der Waals surface area contributed by atoms with Gasteiger partial charge in [0.25, 0.3) is 0 Å². The van der Waals surface area contributed by atoms with Gasteiger partial charge >= 0.3 is 0 Å². The Morgan fingerprint density at radius 2 is 1.89 bits per heavy atom. The van der Waals surface area contributed by atoms with Gasteiger partial charge in [-0.1, -0.05) is 19.3 Å². The van der Waals surface area contributed by atoms with Crippen molar-refractivity contribution >= 4 is 0 Å². The highest BCUT2D eigenvalue weighted by Gasteiger charge is 2.40. The lowest BCUT2D eigenvalue weighted by molar-refractivity contribution is -0.129. The molecule has 0 aromatic rings. The minimum atomic E-state index is -0.0936. The number of β-amino-alcohol motifs (C(OH)–C–C–N with tert-alkyl or cyclic N) is 1. The van der Waals surface area contributed by atoms with Crippen molar-refractivity contribution in [1.82, 2.24) is 4.90 Å². The van der Waals surface area contributed by atoms with E-state index < -0.39 is 0 Å². The Morgan fingerprint density at radius 3 is 2.67 bits per heavy atom. The van der Waals surface area contributed by atoms with Gasteiger partial charge in [-0.05, 0) is 45.1 Å². The Morgan fingerprint density at radius 1 is 1.06 bits per heavy atom. The van der Waals surface area contributed by atoms with E-state index in [4.69, 9.17) is 4.74 Å². The number of aliphatic hydroxyl groups excluding tert-OH is 1. The van der Waals surface area contributed by atoms with Crippen LogP contribution < -0.4 is 0 Å². The van der Waals surface area contributed by atoms with E-state index in [2.05, 4.69) is 4.90 Å². The molecule has 1 saturated carbocycles. The second-order valence-electron chi connectivity index (χ2n) is 6.53. The molecule has 3 aliphatic rings. The first-order valence-electron chi connectivity index (χ1n) is 7.84. The zero-order valence-corrected chi connectivity index (χ0v) is 11.4. The number of hydrogen-bond donors (Lipinski definition) is 1. The molecule has 1 N–H and O–H groups in total. The average molecular weight is 253 g/mol. The van der Waals surface area contributed by atoms with Crippen LogP contribution in [0, 0.1) is 0 Å². The van der Waals surface area contributed by atoms with Crippen LogP contribution in [-0.4, -0.2) is 47.4 Å². The molecule has 1 aliphatic carbocycles. The van der Waals surface area contributed by atoms with Crippen molar-refractivity contribution in [3.63, 3.8) is 0 Å². The first-order chi connectivity index (χ1) is 8.77. The molecular formula is C15H27NO2. The van der Waals surface area contributed by atoms with E-state index in [9.17, 15) is 5.11 Å². The zero-order chi connectivity index (χ0) is 12.4. The molecule has 3 rings (SSSR count). The second kappa shape index (κ2) is 5.48. The molecule has 0 aromatic heterocycles. The Kier molecular flexibility index (Phi) is 3.92. The van der Waals surface area contributed by atoms with Crippen LogP contribution in [-0.2, 0) is 4.74 Å². The fraction of sp³-hybridized carbons (Fsp3) is 1.00. The van der Waals surface area contributed by atoms with E-state index in [1.807, 2.05) is 0 Å². The molecule has 3 nitrogen and oxygen atoms in total. The highest BCUT2D eigenvalue weighted by Crippen LogP contribution is 2.40. The van der Waals surface area contributed by atoms with Gasteiger partial charge in [0.2, 0.25) is 0 Å². The lowest BCUT2D eigenvalue weighted by Gasteiger charge is -2.47. The highest BCUT2D eigenvalue weighted by atomic mass is 16.5. The van der Waals surface area contributed by atoms with Gasteiger partial charge in [-0.15, -0.1) is 0 Å². The summed E-state index contributed by atoms with van der Waals surface area (Å²) >= 11 is 0. The quantitative estimate of drug-likeness (QED) is 0.778. The normalized spacial score (nSPS) is 37.8. The molecule has 2 saturated heterocycles. The van der Waals surface area contributed by atoms with E-state index in [0.29, 0.717) is 6.04 Å². The standard InChI is InChI=1S/C15H27NO2/c17-14-5-4-9-16(12-14)13-6-10-18-15(11-13)7-2-1-3-8-15/h13-14,17H,1-12H2. The number of piperidine rings is 1. The molecule has 0 radical (unpaired) electrons. The number of likely N-dealkylation sites (tertiary alicyclic amines) is 1. The first-order valence-corrected chi connectivity index (χ1v) is 7.84. The monoisotopic (exact) mass is 253 g/mol. The fourth-order valence-corrected chi connectivity index (χ4v) is 4.17. The maximum atomic E-state index is 9.84. The summed E-state index contributed by atoms with van der Waals surface area (Å²) in [7, 11) is 0. The van der Waals surface area contributed by atoms with Crippen LogP contribution in [0.2, 0.25) is 0 Å². The third-order valence-electron chi connectivity index (χ3n) is 5.18. The average Bonchev–Trinajstić information content (AvgIpc) is 2.40. The Balaban J connectivity index is 1.62. The maximum Gasteiger partial charge on any atom is 0.0697 e. The number of ether oxygens (including phenoxy) is 1. The summed E-state index contributed by atoms with van der Waals surface area (Å²) in [6.45, 7) is 3.00. The number of nitrogens with zero attached hydrogens (tertiary/aromatic N) is 1. The van der Waals surface area contributed by atoms with Crippen molar-refractivity contribution in [3.8, 4) is 0 Å². The predicted molar refractivity (Wildman–Crippen MR) is 71.6 cm³/mol. The van der Waals surface area contributed by atoms with Crippen LogP contribution in [0.4, 0.5) is 0 Å². The molecule has 3 fully saturated rings. The lowest BCUT2D eigenvalue weighted by atomic mass is 9.77. The van der Waals surface area contributed by atoms with Gasteiger partial charge < -0.3 is 9.84 Å². The molecule has 1 spiro atoms. The van der Waals surface area contributed by atoms with Gasteiger partial charge in [0.05, 0.1) is 11.7 Å². The topological polar surface area (TPSA) is 32.7 Å². The number of aliphatic hydroxyl groups is 1. The molecule has 2 aliphatic heterocycles. The molecule has 0 bridgehead atoms. The van der Waals surface area contributed by atoms with Crippen molar-refractivity contribution in [2.75, 3.05) is 19.7 Å². The molecule has 2 atom stereocenters. The van der Waals surface area contributed by atoms with Crippen molar-refractivity contribution in [3.05, 3.63) is 0 Å². The molecule has 0 amide bonds. The van der Waals surface area contributed by atoms with Crippen molar-refractivity contribution < 1.29 is 9.84 Å². The highest BCUT2D eigenvalue weighted by molar-refractivity contribution is 4.93. The fourth-order valence-electron chi connectivity index (χ4n) is 4.17. The van der Waals surface area contributed by atoms with Crippen LogP contribution in [0.15, 0.2) is 0 Å². The molecule has 2 heterocycles. The van der Waals surface area contributed by atoms with Crippen molar-refractivity contribution in [1.29, 1.82) is 0 Å². The van der Waals surface area contributed by atoms with Crippen LogP contribution in [0.1, 0.15) is 57.8 Å². The largest absolute Gasteiger partial charge is 0.392 e. The van der Waals surface area contributed by atoms with E-state index in [1.165, 1.54) is 45.1 Å². The lowest BCUT2D eigenvalue weighted by Crippen LogP contribution is -2.52. The van der Waals surface area contributed by atoms with E-state index in [-0.39, 0.29) is 11.7 Å². The van der Waals surface area contributed by atoms with E-state index >= 15 is 0 Å². The summed E-state index contributed by atoms with van der Waals surface area (Å²) in [5.74, 6) is 0. The van der Waals surface area contributed by atoms with Gasteiger partial charge in [-0.2, -0.15) is 0 Å². The summed E-state index contributed by atoms with van der Waals surface area (Å²) in [6.07, 6.45) is 11.0. The van der Waals surface area contributed by atoms with Crippen LogP contribution in [0.25, 0.3) is 0 Å². The van der Waals surface area contributed by atoms with Gasteiger partial charge in [-0.3, -0.25) is 4.90 Å². The SMILES string of the molecule is OC1CCCN(C2CCOC3(CCCCC3)C2)C1. The zero-order valence-electron chi connectivity index (χ0n) is 11.4. The molecule has 0 aromatic carbocycles. The minimum Gasteiger partial charge on any atom is -0.392 e. The second-order valence-corrected chi connectivity index (χ2v) is 6.53. The van der Waals surface area contributed by atoms with Crippen LogP contribution in [0.5, 0.6) is 0 Å². The van der Waals surface area contributed by atoms with Gasteiger partial charge in [-0.25, -0.2) is 0 Å².